The van der Waals surface area contributed by atoms with E-state index in [1.165, 1.54) is 0 Å². The van der Waals surface area contributed by atoms with Crippen molar-refractivity contribution in [3.63, 3.8) is 0 Å². The summed E-state index contributed by atoms with van der Waals surface area (Å²) in [5.41, 5.74) is 6.24. The van der Waals surface area contributed by atoms with Gasteiger partial charge in [0.1, 0.15) is 6.04 Å². The Hall–Kier alpha value is -0.810. The molecule has 0 aliphatic carbocycles. The number of amides is 1. The number of halogens is 2. The van der Waals surface area contributed by atoms with E-state index >= 15 is 0 Å². The highest BCUT2D eigenvalue weighted by atomic mass is 35.5. The second-order valence-electron chi connectivity index (χ2n) is 4.29. The molecule has 0 radical (unpaired) electrons. The first-order valence-electron chi connectivity index (χ1n) is 5.76. The molecule has 1 aromatic rings. The Kier molecular flexibility index (Phi) is 4.45. The first-order chi connectivity index (χ1) is 8.59. The fraction of sp³-hybridized carbons (Fsp3) is 0.417. The SMILES string of the molecule is NC(=O)C1CNCCN1Cc1c(Cl)cccc1Cl. The van der Waals surface area contributed by atoms with Crippen molar-refractivity contribution in [1.29, 1.82) is 0 Å². The van der Waals surface area contributed by atoms with Crippen LogP contribution in [0.4, 0.5) is 0 Å². The lowest BCUT2D eigenvalue weighted by Gasteiger charge is -2.34. The third-order valence-electron chi connectivity index (χ3n) is 3.11. The molecule has 1 fully saturated rings. The normalized spacial score (nSPS) is 20.9. The Morgan fingerprint density at radius 3 is 2.72 bits per heavy atom. The number of nitrogens with zero attached hydrogens (tertiary/aromatic N) is 1. The number of rotatable bonds is 3. The van der Waals surface area contributed by atoms with Gasteiger partial charge < -0.3 is 11.1 Å². The number of piperazine rings is 1. The van der Waals surface area contributed by atoms with Crippen molar-refractivity contribution in [3.05, 3.63) is 33.8 Å². The largest absolute Gasteiger partial charge is 0.368 e. The van der Waals surface area contributed by atoms with Crippen molar-refractivity contribution < 1.29 is 4.79 Å². The van der Waals surface area contributed by atoms with Crippen LogP contribution >= 0.6 is 23.2 Å². The molecular weight excluding hydrogens is 273 g/mol. The molecule has 0 spiro atoms. The van der Waals surface area contributed by atoms with E-state index in [9.17, 15) is 4.79 Å². The third-order valence-corrected chi connectivity index (χ3v) is 3.81. The van der Waals surface area contributed by atoms with Crippen molar-refractivity contribution in [2.75, 3.05) is 19.6 Å². The molecular formula is C12H15Cl2N3O. The monoisotopic (exact) mass is 287 g/mol. The topological polar surface area (TPSA) is 58.4 Å². The fourth-order valence-corrected chi connectivity index (χ4v) is 2.62. The maximum absolute atomic E-state index is 11.4. The molecule has 6 heteroatoms. The standard InChI is InChI=1S/C12H15Cl2N3O/c13-9-2-1-3-10(14)8(9)7-17-5-4-16-6-11(17)12(15)18/h1-3,11,16H,4-7H2,(H2,15,18). The first kappa shape index (κ1) is 13.6. The summed E-state index contributed by atoms with van der Waals surface area (Å²) in [6.07, 6.45) is 0. The number of carbonyl (C=O) groups is 1. The van der Waals surface area contributed by atoms with Gasteiger partial charge in [0.25, 0.3) is 0 Å². The highest BCUT2D eigenvalue weighted by Gasteiger charge is 2.27. The highest BCUT2D eigenvalue weighted by Crippen LogP contribution is 2.26. The summed E-state index contributed by atoms with van der Waals surface area (Å²) < 4.78 is 0. The van der Waals surface area contributed by atoms with Crippen LogP contribution in [0.1, 0.15) is 5.56 Å². The Balaban J connectivity index is 2.18. The molecule has 1 aliphatic rings. The molecule has 98 valence electrons. The summed E-state index contributed by atoms with van der Waals surface area (Å²) in [7, 11) is 0. The first-order valence-corrected chi connectivity index (χ1v) is 6.52. The molecule has 3 N–H and O–H groups in total. The molecule has 1 saturated heterocycles. The van der Waals surface area contributed by atoms with E-state index in [1.54, 1.807) is 18.2 Å². The fourth-order valence-electron chi connectivity index (χ4n) is 2.10. The van der Waals surface area contributed by atoms with E-state index < -0.39 is 0 Å². The van der Waals surface area contributed by atoms with Gasteiger partial charge in [-0.1, -0.05) is 29.3 Å². The summed E-state index contributed by atoms with van der Waals surface area (Å²) in [6, 6.07) is 5.08. The minimum atomic E-state index is -0.328. The van der Waals surface area contributed by atoms with Crippen molar-refractivity contribution in [3.8, 4) is 0 Å². The van der Waals surface area contributed by atoms with Crippen molar-refractivity contribution in [2.45, 2.75) is 12.6 Å². The molecule has 0 saturated carbocycles. The molecule has 18 heavy (non-hydrogen) atoms. The van der Waals surface area contributed by atoms with Gasteiger partial charge in [0.05, 0.1) is 0 Å². The lowest BCUT2D eigenvalue weighted by Crippen LogP contribution is -2.56. The zero-order chi connectivity index (χ0) is 13.1. The number of carbonyl (C=O) groups excluding carboxylic acids is 1. The Labute approximate surface area is 116 Å². The van der Waals surface area contributed by atoms with Gasteiger partial charge in [-0.05, 0) is 12.1 Å². The number of benzene rings is 1. The average Bonchev–Trinajstić information content (AvgIpc) is 2.34. The number of hydrogen-bond acceptors (Lipinski definition) is 3. The van der Waals surface area contributed by atoms with Crippen LogP contribution in [0.15, 0.2) is 18.2 Å². The van der Waals surface area contributed by atoms with E-state index in [1.807, 2.05) is 4.90 Å². The summed E-state index contributed by atoms with van der Waals surface area (Å²) >= 11 is 12.3. The van der Waals surface area contributed by atoms with E-state index in [-0.39, 0.29) is 11.9 Å². The van der Waals surface area contributed by atoms with Gasteiger partial charge in [0, 0.05) is 41.8 Å². The van der Waals surface area contributed by atoms with Crippen LogP contribution in [0.2, 0.25) is 10.0 Å². The number of hydrogen-bond donors (Lipinski definition) is 2. The zero-order valence-corrected chi connectivity index (χ0v) is 11.3. The van der Waals surface area contributed by atoms with Gasteiger partial charge in [-0.15, -0.1) is 0 Å². The second kappa shape index (κ2) is 5.89. The number of nitrogens with two attached hydrogens (primary N) is 1. The highest BCUT2D eigenvalue weighted by molar-refractivity contribution is 6.35. The average molecular weight is 288 g/mol. The van der Waals surface area contributed by atoms with Gasteiger partial charge in [0.2, 0.25) is 5.91 Å². The van der Waals surface area contributed by atoms with E-state index in [0.29, 0.717) is 23.1 Å². The maximum Gasteiger partial charge on any atom is 0.236 e. The molecule has 4 nitrogen and oxygen atoms in total. The summed E-state index contributed by atoms with van der Waals surface area (Å²) in [4.78, 5) is 13.4. The Bertz CT molecular complexity index is 433. The van der Waals surface area contributed by atoms with Gasteiger partial charge in [0.15, 0.2) is 0 Å². The molecule has 2 rings (SSSR count). The molecule has 1 amide bonds. The van der Waals surface area contributed by atoms with Gasteiger partial charge in [-0.25, -0.2) is 0 Å². The Morgan fingerprint density at radius 1 is 1.44 bits per heavy atom. The lowest BCUT2D eigenvalue weighted by atomic mass is 10.1. The minimum absolute atomic E-state index is 0.314. The van der Waals surface area contributed by atoms with Crippen LogP contribution in [-0.4, -0.2) is 36.5 Å². The summed E-state index contributed by atoms with van der Waals surface area (Å²) in [5, 5.41) is 4.38. The van der Waals surface area contributed by atoms with Crippen molar-refractivity contribution >= 4 is 29.1 Å². The molecule has 0 bridgehead atoms. The molecule has 0 aromatic heterocycles. The summed E-state index contributed by atoms with van der Waals surface area (Å²) in [5.74, 6) is -0.328. The molecule has 1 heterocycles. The van der Waals surface area contributed by atoms with Crippen LogP contribution in [0, 0.1) is 0 Å². The predicted octanol–water partition coefficient (Wildman–Crippen LogP) is 1.25. The van der Waals surface area contributed by atoms with Crippen LogP contribution in [0.25, 0.3) is 0 Å². The molecule has 1 aliphatic heterocycles. The predicted molar refractivity (Wildman–Crippen MR) is 72.7 cm³/mol. The second-order valence-corrected chi connectivity index (χ2v) is 5.11. The van der Waals surface area contributed by atoms with Crippen molar-refractivity contribution in [2.24, 2.45) is 5.73 Å². The van der Waals surface area contributed by atoms with Gasteiger partial charge in [-0.3, -0.25) is 9.69 Å². The summed E-state index contributed by atoms with van der Waals surface area (Å²) in [6.45, 7) is 2.67. The van der Waals surface area contributed by atoms with E-state index in [0.717, 1.165) is 18.7 Å². The van der Waals surface area contributed by atoms with Crippen LogP contribution in [-0.2, 0) is 11.3 Å². The quantitative estimate of drug-likeness (QED) is 0.880. The minimum Gasteiger partial charge on any atom is -0.368 e. The van der Waals surface area contributed by atoms with Gasteiger partial charge in [-0.2, -0.15) is 0 Å². The maximum atomic E-state index is 11.4. The number of nitrogens with one attached hydrogen (secondary N) is 1. The molecule has 1 unspecified atom stereocenters. The van der Waals surface area contributed by atoms with Gasteiger partial charge >= 0.3 is 0 Å². The Morgan fingerprint density at radius 2 is 2.11 bits per heavy atom. The van der Waals surface area contributed by atoms with Crippen LogP contribution < -0.4 is 11.1 Å². The third kappa shape index (κ3) is 2.95. The number of primary amides is 1. The van der Waals surface area contributed by atoms with E-state index in [4.69, 9.17) is 28.9 Å². The van der Waals surface area contributed by atoms with Crippen LogP contribution in [0.5, 0.6) is 0 Å². The molecule has 1 atom stereocenters. The van der Waals surface area contributed by atoms with Crippen LogP contribution in [0.3, 0.4) is 0 Å². The lowest BCUT2D eigenvalue weighted by molar-refractivity contribution is -0.124. The molecule has 1 aromatic carbocycles. The van der Waals surface area contributed by atoms with Crippen molar-refractivity contribution in [1.82, 2.24) is 10.2 Å². The van der Waals surface area contributed by atoms with E-state index in [2.05, 4.69) is 5.32 Å². The smallest absolute Gasteiger partial charge is 0.236 e. The zero-order valence-electron chi connectivity index (χ0n) is 9.83.